The van der Waals surface area contributed by atoms with Crippen molar-refractivity contribution in [3.05, 3.63) is 34.4 Å². The maximum absolute atomic E-state index is 13.9. The first kappa shape index (κ1) is 21.5. The molecule has 0 bridgehead atoms. The predicted octanol–water partition coefficient (Wildman–Crippen LogP) is 3.98. The van der Waals surface area contributed by atoms with Crippen molar-refractivity contribution in [1.29, 1.82) is 0 Å². The first-order chi connectivity index (χ1) is 13.7. The van der Waals surface area contributed by atoms with Crippen molar-refractivity contribution in [2.24, 2.45) is 9.98 Å². The fourth-order valence-electron chi connectivity index (χ4n) is 3.90. The first-order valence-electron chi connectivity index (χ1n) is 9.63. The van der Waals surface area contributed by atoms with Gasteiger partial charge in [0.15, 0.2) is 0 Å². The number of fused-ring (bicyclic) bond motifs is 1. The summed E-state index contributed by atoms with van der Waals surface area (Å²) < 4.78 is 47.6. The summed E-state index contributed by atoms with van der Waals surface area (Å²) in [4.78, 5) is 8.16. The highest BCUT2D eigenvalue weighted by Gasteiger charge is 2.60. The van der Waals surface area contributed by atoms with Crippen LogP contribution in [-0.2, 0) is 5.60 Å². The van der Waals surface area contributed by atoms with Crippen molar-refractivity contribution in [2.45, 2.75) is 50.8 Å². The van der Waals surface area contributed by atoms with Gasteiger partial charge < -0.3 is 14.9 Å². The van der Waals surface area contributed by atoms with Gasteiger partial charge in [0.25, 0.3) is 0 Å². The Hall–Kier alpha value is -2.19. The molecule has 2 atom stereocenters. The number of halogens is 3. The second kappa shape index (κ2) is 8.28. The zero-order valence-corrected chi connectivity index (χ0v) is 16.5. The van der Waals surface area contributed by atoms with Crippen molar-refractivity contribution < 1.29 is 28.1 Å². The first-order valence-corrected chi connectivity index (χ1v) is 9.63. The summed E-state index contributed by atoms with van der Waals surface area (Å²) in [5, 5.41) is 19.6. The predicted molar refractivity (Wildman–Crippen MR) is 106 cm³/mol. The SMILES string of the molecule is CC1=C(C)C(O)(C(F)(F)F)c2cc(OCCCCCO)cc(C3C=NC=NC3)c21. The van der Waals surface area contributed by atoms with Gasteiger partial charge in [0.05, 0.1) is 13.2 Å². The lowest BCUT2D eigenvalue weighted by molar-refractivity contribution is -0.248. The van der Waals surface area contributed by atoms with Gasteiger partial charge in [0.2, 0.25) is 5.60 Å². The number of alkyl halides is 3. The van der Waals surface area contributed by atoms with Crippen molar-refractivity contribution in [3.63, 3.8) is 0 Å². The third kappa shape index (κ3) is 3.83. The summed E-state index contributed by atoms with van der Waals surface area (Å²) in [7, 11) is 0. The molecule has 5 nitrogen and oxygen atoms in total. The molecule has 2 unspecified atom stereocenters. The number of nitrogens with zero attached hydrogens (tertiary/aromatic N) is 2. The Kier molecular flexibility index (Phi) is 6.14. The molecule has 2 aliphatic rings. The second-order valence-electron chi connectivity index (χ2n) is 7.41. The smallest absolute Gasteiger partial charge is 0.425 e. The zero-order chi connectivity index (χ0) is 21.2. The highest BCUT2D eigenvalue weighted by Crippen LogP contribution is 2.55. The number of aliphatic hydroxyl groups excluding tert-OH is 1. The molecular formula is C21H25F3N2O3. The Bertz CT molecular complexity index is 861. The standard InChI is InChI=1S/C21H25F3N2O3/c1-13-14(2)20(28,21(22,23)24)18-9-16(29-7-5-3-4-6-27)8-17(19(13)18)15-10-25-12-26-11-15/h8-10,12,15,27-28H,3-7,11H2,1-2H3. The molecule has 0 saturated carbocycles. The van der Waals surface area contributed by atoms with E-state index in [2.05, 4.69) is 9.98 Å². The second-order valence-corrected chi connectivity index (χ2v) is 7.41. The molecule has 0 spiro atoms. The Morgan fingerprint density at radius 2 is 1.97 bits per heavy atom. The van der Waals surface area contributed by atoms with E-state index in [1.807, 2.05) is 0 Å². The Labute approximate surface area is 167 Å². The molecule has 1 aliphatic heterocycles. The number of ether oxygens (including phenoxy) is 1. The Morgan fingerprint density at radius 1 is 1.21 bits per heavy atom. The van der Waals surface area contributed by atoms with Gasteiger partial charge in [-0.25, -0.2) is 4.99 Å². The van der Waals surface area contributed by atoms with E-state index in [1.165, 1.54) is 19.3 Å². The molecule has 1 aromatic carbocycles. The van der Waals surface area contributed by atoms with Crippen LogP contribution >= 0.6 is 0 Å². The molecule has 2 N–H and O–H groups in total. The molecule has 1 aliphatic carbocycles. The quantitative estimate of drug-likeness (QED) is 0.668. The van der Waals surface area contributed by atoms with E-state index in [9.17, 15) is 18.3 Å². The van der Waals surface area contributed by atoms with Gasteiger partial charge in [0.1, 0.15) is 12.1 Å². The number of benzene rings is 1. The van der Waals surface area contributed by atoms with E-state index in [4.69, 9.17) is 9.84 Å². The van der Waals surface area contributed by atoms with Crippen molar-refractivity contribution in [3.8, 4) is 5.75 Å². The molecule has 0 aromatic heterocycles. The van der Waals surface area contributed by atoms with Crippen LogP contribution in [0.1, 0.15) is 55.7 Å². The van der Waals surface area contributed by atoms with Crippen molar-refractivity contribution >= 4 is 18.1 Å². The van der Waals surface area contributed by atoms with E-state index in [-0.39, 0.29) is 29.4 Å². The summed E-state index contributed by atoms with van der Waals surface area (Å²) in [6, 6.07) is 3.02. The number of aliphatic hydroxyl groups is 2. The number of unbranched alkanes of at least 4 members (excludes halogenated alkanes) is 2. The normalized spacial score (nSPS) is 23.6. The topological polar surface area (TPSA) is 74.4 Å². The number of hydrogen-bond donors (Lipinski definition) is 2. The fraction of sp³-hybridized carbons (Fsp3) is 0.524. The molecule has 0 amide bonds. The van der Waals surface area contributed by atoms with E-state index in [0.717, 1.165) is 6.42 Å². The van der Waals surface area contributed by atoms with Gasteiger partial charge in [-0.3, -0.25) is 4.99 Å². The third-order valence-corrected chi connectivity index (χ3v) is 5.61. The minimum Gasteiger partial charge on any atom is -0.494 e. The van der Waals surface area contributed by atoms with Crippen LogP contribution in [0.5, 0.6) is 5.75 Å². The molecule has 1 heterocycles. The lowest BCUT2D eigenvalue weighted by atomic mass is 9.86. The number of allylic oxidation sites excluding steroid dienone is 1. The van der Waals surface area contributed by atoms with Crippen LogP contribution in [-0.4, -0.2) is 48.7 Å². The van der Waals surface area contributed by atoms with Crippen molar-refractivity contribution in [2.75, 3.05) is 19.8 Å². The van der Waals surface area contributed by atoms with E-state index >= 15 is 0 Å². The highest BCUT2D eigenvalue weighted by atomic mass is 19.4. The van der Waals surface area contributed by atoms with Crippen LogP contribution in [0, 0.1) is 0 Å². The van der Waals surface area contributed by atoms with Gasteiger partial charge in [-0.2, -0.15) is 13.2 Å². The van der Waals surface area contributed by atoms with Crippen LogP contribution in [0.25, 0.3) is 5.57 Å². The number of rotatable bonds is 7. The lowest BCUT2D eigenvalue weighted by Gasteiger charge is -2.30. The molecule has 0 radical (unpaired) electrons. The molecule has 29 heavy (non-hydrogen) atoms. The number of hydrogen-bond acceptors (Lipinski definition) is 5. The van der Waals surface area contributed by atoms with Crippen LogP contribution in [0.3, 0.4) is 0 Å². The van der Waals surface area contributed by atoms with Crippen LogP contribution in [0.2, 0.25) is 0 Å². The summed E-state index contributed by atoms with van der Waals surface area (Å²) in [5.74, 6) is -0.0269. The number of aliphatic imine (C=N–C) groups is 2. The molecular weight excluding hydrogens is 385 g/mol. The lowest BCUT2D eigenvalue weighted by Crippen LogP contribution is -2.42. The molecule has 3 rings (SSSR count). The average Bonchev–Trinajstić information content (AvgIpc) is 2.90. The van der Waals surface area contributed by atoms with Gasteiger partial charge in [-0.05, 0) is 67.5 Å². The van der Waals surface area contributed by atoms with E-state index in [1.54, 1.807) is 19.2 Å². The maximum atomic E-state index is 13.9. The summed E-state index contributed by atoms with van der Waals surface area (Å²) in [5.41, 5.74) is -1.96. The summed E-state index contributed by atoms with van der Waals surface area (Å²) in [6.07, 6.45) is 0.275. The molecule has 8 heteroatoms. The molecule has 1 aromatic rings. The maximum Gasteiger partial charge on any atom is 0.425 e. The van der Waals surface area contributed by atoms with Gasteiger partial charge in [-0.1, -0.05) is 0 Å². The largest absolute Gasteiger partial charge is 0.494 e. The Morgan fingerprint density at radius 3 is 2.59 bits per heavy atom. The monoisotopic (exact) mass is 410 g/mol. The van der Waals surface area contributed by atoms with E-state index in [0.29, 0.717) is 42.7 Å². The minimum atomic E-state index is -4.86. The fourth-order valence-corrected chi connectivity index (χ4v) is 3.90. The van der Waals surface area contributed by atoms with Gasteiger partial charge in [-0.15, -0.1) is 0 Å². The third-order valence-electron chi connectivity index (χ3n) is 5.61. The van der Waals surface area contributed by atoms with Crippen LogP contribution in [0.15, 0.2) is 27.7 Å². The average molecular weight is 410 g/mol. The minimum absolute atomic E-state index is 0.0906. The van der Waals surface area contributed by atoms with Crippen LogP contribution < -0.4 is 4.74 Å². The van der Waals surface area contributed by atoms with Crippen LogP contribution in [0.4, 0.5) is 13.2 Å². The summed E-state index contributed by atoms with van der Waals surface area (Å²) in [6.45, 7) is 3.68. The zero-order valence-electron chi connectivity index (χ0n) is 16.5. The van der Waals surface area contributed by atoms with Crippen molar-refractivity contribution in [1.82, 2.24) is 0 Å². The molecule has 0 fully saturated rings. The summed E-state index contributed by atoms with van der Waals surface area (Å²) >= 11 is 0. The highest BCUT2D eigenvalue weighted by molar-refractivity contribution is 5.87. The molecule has 158 valence electrons. The Balaban J connectivity index is 2.06. The van der Waals surface area contributed by atoms with E-state index < -0.39 is 11.8 Å². The van der Waals surface area contributed by atoms with Gasteiger partial charge >= 0.3 is 6.18 Å². The molecule has 0 saturated heterocycles. The van der Waals surface area contributed by atoms with Gasteiger partial charge in [0, 0.05) is 24.3 Å².